The van der Waals surface area contributed by atoms with Crippen LogP contribution in [0.25, 0.3) is 22.3 Å². The van der Waals surface area contributed by atoms with Gasteiger partial charge in [0.15, 0.2) is 5.82 Å². The first-order valence-corrected chi connectivity index (χ1v) is 24.0. The molecule has 1 saturated carbocycles. The maximum atomic E-state index is 16.2. The molecule has 67 heavy (non-hydrogen) atoms. The zero-order chi connectivity index (χ0) is 46.2. The highest BCUT2D eigenvalue weighted by Gasteiger charge is 2.48. The molecule has 1 aliphatic carbocycles. The number of para-hydroxylation sites is 1. The van der Waals surface area contributed by atoms with Crippen molar-refractivity contribution in [2.45, 2.75) is 95.2 Å². The summed E-state index contributed by atoms with van der Waals surface area (Å²) >= 11 is 0. The number of likely N-dealkylation sites (tertiary alicyclic amines) is 1. The number of benzene rings is 2. The smallest absolute Gasteiger partial charge is 0.328 e. The van der Waals surface area contributed by atoms with E-state index >= 15 is 13.2 Å². The second-order valence-corrected chi connectivity index (χ2v) is 20.1. The third-order valence-electron chi connectivity index (χ3n) is 16.1. The molecule has 1 spiro atoms. The quantitative estimate of drug-likeness (QED) is 0.139. The minimum Gasteiger partial charge on any atom is -0.507 e. The molecule has 11 rings (SSSR count). The van der Waals surface area contributed by atoms with E-state index in [0.29, 0.717) is 67.9 Å². The number of alkyl halides is 2. The van der Waals surface area contributed by atoms with E-state index in [9.17, 15) is 14.7 Å². The largest absolute Gasteiger partial charge is 0.507 e. The van der Waals surface area contributed by atoms with Crippen LogP contribution in [0.2, 0.25) is 0 Å². The fourth-order valence-electron chi connectivity index (χ4n) is 12.3. The second-order valence-electron chi connectivity index (χ2n) is 20.1. The van der Waals surface area contributed by atoms with Crippen molar-refractivity contribution in [3.8, 4) is 17.0 Å². The van der Waals surface area contributed by atoms with Crippen molar-refractivity contribution in [1.82, 2.24) is 30.0 Å². The average molecular weight is 918 g/mol. The number of imide groups is 1. The topological polar surface area (TPSA) is 152 Å². The number of fused-ring (bicyclic) bond motifs is 3. The van der Waals surface area contributed by atoms with E-state index in [1.54, 1.807) is 46.3 Å². The van der Waals surface area contributed by atoms with Crippen molar-refractivity contribution in [3.05, 3.63) is 78.4 Å². The lowest BCUT2D eigenvalue weighted by molar-refractivity contribution is -0.120. The van der Waals surface area contributed by atoms with Gasteiger partial charge in [0.2, 0.25) is 5.91 Å². The third-order valence-corrected chi connectivity index (χ3v) is 16.1. The van der Waals surface area contributed by atoms with Gasteiger partial charge in [-0.15, -0.1) is 10.2 Å². The molecule has 5 aliphatic heterocycles. The van der Waals surface area contributed by atoms with Crippen LogP contribution in [0.15, 0.2) is 67.0 Å². The normalized spacial score (nSPS) is 24.5. The minimum absolute atomic E-state index is 0.104. The van der Waals surface area contributed by atoms with Crippen LogP contribution in [0.3, 0.4) is 0 Å². The number of nitrogens with one attached hydrogen (secondary N) is 1. The number of halogens is 3. The molecule has 5 aromatic rings. The lowest BCUT2D eigenvalue weighted by Crippen LogP contribution is -2.54. The van der Waals surface area contributed by atoms with Crippen molar-refractivity contribution in [2.75, 3.05) is 77.7 Å². The number of carbonyl (C=O) groups is 2. The van der Waals surface area contributed by atoms with Crippen molar-refractivity contribution < 1.29 is 27.9 Å². The Bertz CT molecular complexity index is 2700. The highest BCUT2D eigenvalue weighted by Crippen LogP contribution is 2.49. The molecule has 0 radical (unpaired) electrons. The van der Waals surface area contributed by atoms with Crippen LogP contribution in [0.5, 0.6) is 5.75 Å². The molecule has 3 aromatic heterocycles. The molecule has 6 fully saturated rings. The lowest BCUT2D eigenvalue weighted by atomic mass is 9.67. The summed E-state index contributed by atoms with van der Waals surface area (Å²) in [6, 6.07) is 15.9. The van der Waals surface area contributed by atoms with Gasteiger partial charge in [-0.05, 0) is 131 Å². The Balaban J connectivity index is 0.692. The number of aromatic nitrogens is 4. The number of phenols is 1. The molecule has 8 heterocycles. The van der Waals surface area contributed by atoms with Crippen LogP contribution >= 0.6 is 0 Å². The first-order valence-electron chi connectivity index (χ1n) is 24.0. The number of pyridine rings is 1. The van der Waals surface area contributed by atoms with Crippen LogP contribution < -0.4 is 30.7 Å². The first-order chi connectivity index (χ1) is 32.3. The van der Waals surface area contributed by atoms with E-state index < -0.39 is 30.2 Å². The molecule has 2 aromatic carbocycles. The number of anilines is 5. The van der Waals surface area contributed by atoms with Crippen LogP contribution in [-0.2, 0) is 4.79 Å². The summed E-state index contributed by atoms with van der Waals surface area (Å²) in [5.41, 5.74) is 12.2. The number of nitrogen functional groups attached to an aromatic ring is 1. The summed E-state index contributed by atoms with van der Waals surface area (Å²) in [7, 11) is 0. The van der Waals surface area contributed by atoms with Gasteiger partial charge in [-0.3, -0.25) is 15.0 Å². The van der Waals surface area contributed by atoms with Gasteiger partial charge in [0.05, 0.1) is 35.5 Å². The Labute approximate surface area is 387 Å². The van der Waals surface area contributed by atoms with Gasteiger partial charge < -0.3 is 35.0 Å². The first kappa shape index (κ1) is 43.5. The zero-order valence-corrected chi connectivity index (χ0v) is 37.9. The number of piperidine rings is 2. The number of phenolic OH excluding ortho intramolecular Hbond substituents is 1. The fraction of sp³-hybridized carbons (Fsp3) is 0.500. The van der Waals surface area contributed by atoms with Crippen LogP contribution in [0, 0.1) is 24.1 Å². The number of hydrogen-bond donors (Lipinski definition) is 3. The van der Waals surface area contributed by atoms with E-state index in [1.807, 2.05) is 18.2 Å². The molecule has 2 unspecified atom stereocenters. The predicted octanol–water partition coefficient (Wildman–Crippen LogP) is 7.89. The van der Waals surface area contributed by atoms with Gasteiger partial charge in [-0.25, -0.2) is 22.9 Å². The Morgan fingerprint density at radius 2 is 1.60 bits per heavy atom. The van der Waals surface area contributed by atoms with E-state index in [4.69, 9.17) is 10.7 Å². The van der Waals surface area contributed by atoms with Gasteiger partial charge >= 0.3 is 6.03 Å². The SMILES string of the molecule is Cc1cn(C2CCC3(CC2)CCN(C[C@H]2CCN(c4cc(N5C6CCC5CN(c5cc(-c7ccccc7O)nnc5N)C6)ccc4F)CC2(F)F)CC3)c2ncc(N3CCC(=O)NC3=O)cc12. The monoisotopic (exact) mass is 917 g/mol. The zero-order valence-electron chi connectivity index (χ0n) is 37.9. The Hall–Kier alpha value is -6.10. The highest BCUT2D eigenvalue weighted by atomic mass is 19.3. The third kappa shape index (κ3) is 8.05. The molecule has 6 aliphatic rings. The number of urea groups is 1. The van der Waals surface area contributed by atoms with Crippen molar-refractivity contribution in [1.29, 1.82) is 0 Å². The fourth-order valence-corrected chi connectivity index (χ4v) is 12.3. The number of hydrogen-bond acceptors (Lipinski definition) is 11. The standard InChI is InChI=1S/C50H58F3N11O3/c1-31-26-63(47-39(31)22-37(25-55-47)62-19-13-45(66)56-48(62)67)33-10-14-49(15-11-33)16-20-59(21-17-49)27-32-12-18-60(30-50(32,52)53)42-23-34(8-9-40(42)51)64-35-6-7-36(64)29-61(28-35)43-24-41(57-58-46(43)54)38-4-2-3-5-44(38)65/h2-5,8-9,22-26,32-33,35-36,65H,6-7,10-21,27-30H2,1H3,(H2,54,58)(H,56,66,67)/t32-,35?,36?/m1/s1. The molecule has 3 amide bonds. The molecule has 5 saturated heterocycles. The minimum atomic E-state index is -2.97. The van der Waals surface area contributed by atoms with Crippen molar-refractivity contribution in [3.63, 3.8) is 0 Å². The van der Waals surface area contributed by atoms with Crippen molar-refractivity contribution >= 4 is 51.5 Å². The number of aromatic hydroxyl groups is 1. The van der Waals surface area contributed by atoms with E-state index in [-0.39, 0.29) is 41.3 Å². The summed E-state index contributed by atoms with van der Waals surface area (Å²) in [4.78, 5) is 38.9. The van der Waals surface area contributed by atoms with Crippen LogP contribution in [0.4, 0.5) is 46.5 Å². The summed E-state index contributed by atoms with van der Waals surface area (Å²) < 4.78 is 50.4. The number of carbonyl (C=O) groups excluding carboxylic acids is 2. The molecular formula is C50H58F3N11O3. The van der Waals surface area contributed by atoms with Gasteiger partial charge in [-0.2, -0.15) is 0 Å². The number of rotatable bonds is 8. The van der Waals surface area contributed by atoms with Crippen LogP contribution in [0.1, 0.15) is 75.8 Å². The molecule has 17 heteroatoms. The maximum Gasteiger partial charge on any atom is 0.328 e. The Morgan fingerprint density at radius 3 is 2.33 bits per heavy atom. The highest BCUT2D eigenvalue weighted by molar-refractivity contribution is 6.06. The summed E-state index contributed by atoms with van der Waals surface area (Å²) in [5, 5.41) is 22.3. The van der Waals surface area contributed by atoms with E-state index in [0.717, 1.165) is 92.4 Å². The van der Waals surface area contributed by atoms with E-state index in [2.05, 4.69) is 47.9 Å². The summed E-state index contributed by atoms with van der Waals surface area (Å²) in [5.74, 6) is -4.10. The molecule has 352 valence electrons. The lowest BCUT2D eigenvalue weighted by Gasteiger charge is -2.48. The Morgan fingerprint density at radius 1 is 0.836 bits per heavy atom. The molecule has 4 N–H and O–H groups in total. The number of amides is 3. The summed E-state index contributed by atoms with van der Waals surface area (Å²) in [6.45, 7) is 5.52. The van der Waals surface area contributed by atoms with Crippen LogP contribution in [-0.4, -0.2) is 112 Å². The maximum absolute atomic E-state index is 16.2. The van der Waals surface area contributed by atoms with Gasteiger partial charge in [0.25, 0.3) is 5.92 Å². The number of piperazine rings is 1. The van der Waals surface area contributed by atoms with Gasteiger partial charge in [-0.1, -0.05) is 12.1 Å². The van der Waals surface area contributed by atoms with Crippen molar-refractivity contribution in [2.24, 2.45) is 11.3 Å². The second kappa shape index (κ2) is 16.9. The Kier molecular flexibility index (Phi) is 11.0. The van der Waals surface area contributed by atoms with Gasteiger partial charge in [0, 0.05) is 86.0 Å². The molecule has 3 atom stereocenters. The number of nitrogens with two attached hydrogens (primary N) is 1. The predicted molar refractivity (Wildman–Crippen MR) is 252 cm³/mol. The number of nitrogens with zero attached hydrogens (tertiary/aromatic N) is 9. The number of aryl methyl sites for hydroxylation is 1. The average Bonchev–Trinajstić information content (AvgIpc) is 3.79. The van der Waals surface area contributed by atoms with E-state index in [1.165, 1.54) is 6.07 Å². The van der Waals surface area contributed by atoms with Gasteiger partial charge in [0.1, 0.15) is 17.2 Å². The summed E-state index contributed by atoms with van der Waals surface area (Å²) in [6.07, 6.45) is 12.5. The molecule has 2 bridgehead atoms. The molecular weight excluding hydrogens is 860 g/mol. The molecule has 14 nitrogen and oxygen atoms in total.